The summed E-state index contributed by atoms with van der Waals surface area (Å²) in [6.45, 7) is 3.28. The van der Waals surface area contributed by atoms with Gasteiger partial charge in [-0.3, -0.25) is 4.79 Å². The molecule has 0 spiro atoms. The number of alkyl halides is 2. The molecule has 6 rings (SSSR count). The highest BCUT2D eigenvalue weighted by Crippen LogP contribution is 2.43. The molecule has 4 aliphatic rings. The highest BCUT2D eigenvalue weighted by Gasteiger charge is 2.33. The molecule has 2 N–H and O–H groups in total. The summed E-state index contributed by atoms with van der Waals surface area (Å²) in [5.41, 5.74) is 14.2. The monoisotopic (exact) mass is 485 g/mol. The van der Waals surface area contributed by atoms with Crippen molar-refractivity contribution in [1.29, 1.82) is 0 Å². The maximum Gasteiger partial charge on any atom is 0.387 e. The Kier molecular flexibility index (Phi) is 8.00. The minimum absolute atomic E-state index is 0.0261. The number of nitrogens with two attached hydrogens (primary N) is 1. The van der Waals surface area contributed by atoms with Crippen LogP contribution in [0.15, 0.2) is 29.8 Å². The lowest BCUT2D eigenvalue weighted by Crippen LogP contribution is -2.30. The molecule has 0 bridgehead atoms. The first-order chi connectivity index (χ1) is 17.0. The zero-order chi connectivity index (χ0) is 24.9. The Morgan fingerprint density at radius 3 is 2.71 bits per heavy atom. The van der Waals surface area contributed by atoms with Gasteiger partial charge in [-0.15, -0.1) is 0 Å². The maximum atomic E-state index is 12.2. The van der Waals surface area contributed by atoms with Crippen LogP contribution in [0.3, 0.4) is 0 Å². The van der Waals surface area contributed by atoms with E-state index in [4.69, 9.17) is 10.5 Å². The largest absolute Gasteiger partial charge is 0.435 e. The van der Waals surface area contributed by atoms with Crippen molar-refractivity contribution < 1.29 is 23.0 Å². The topological polar surface area (TPSA) is 77.7 Å². The molecule has 1 aromatic heterocycles. The first kappa shape index (κ1) is 25.1. The second-order valence-corrected chi connectivity index (χ2v) is 8.81. The zero-order valence-corrected chi connectivity index (χ0v) is 20.4. The van der Waals surface area contributed by atoms with Gasteiger partial charge in [0.2, 0.25) is 6.41 Å². The molecule has 6 nitrogen and oxygen atoms in total. The second-order valence-electron chi connectivity index (χ2n) is 8.81. The van der Waals surface area contributed by atoms with Gasteiger partial charge in [-0.05, 0) is 78.5 Å². The first-order valence-electron chi connectivity index (χ1n) is 12.4. The SMILES string of the molecule is CC.Nc1nc2c(c3c1COC3)CCCC2.O=CN1CCC=C2Cc3cc(OC(F)F)ccc3[C@@H]21. The Morgan fingerprint density at radius 1 is 1.17 bits per heavy atom. The summed E-state index contributed by atoms with van der Waals surface area (Å²) >= 11 is 0. The quantitative estimate of drug-likeness (QED) is 0.473. The number of aryl methyl sites for hydroxylation is 1. The molecule has 0 saturated carbocycles. The Labute approximate surface area is 205 Å². The standard InChI is InChI=1S/C14H13F2NO2.C11H14N2O.C2H6/c15-14(16)19-11-3-4-12-10(7-11)6-9-2-1-5-17(8-18)13(9)12;12-11-9-6-14-5-8(9)7-3-1-2-4-10(7)13-11;1-2/h2-4,7-8,13-14H,1,5-6H2;1-6H2,(H2,12,13);1-2H3/t13-;;/m1../s1. The number of benzene rings is 1. The van der Waals surface area contributed by atoms with Gasteiger partial charge in [0.05, 0.1) is 19.3 Å². The number of amides is 1. The van der Waals surface area contributed by atoms with Crippen LogP contribution in [0.25, 0.3) is 0 Å². The summed E-state index contributed by atoms with van der Waals surface area (Å²) in [6, 6.07) is 4.93. The van der Waals surface area contributed by atoms with E-state index in [1.54, 1.807) is 17.0 Å². The van der Waals surface area contributed by atoms with E-state index in [2.05, 4.69) is 15.8 Å². The van der Waals surface area contributed by atoms with Crippen molar-refractivity contribution >= 4 is 12.2 Å². The van der Waals surface area contributed by atoms with E-state index < -0.39 is 6.61 Å². The number of anilines is 1. The average molecular weight is 486 g/mol. The summed E-state index contributed by atoms with van der Waals surface area (Å²) in [5.74, 6) is 0.865. The molecule has 8 heteroatoms. The lowest BCUT2D eigenvalue weighted by molar-refractivity contribution is -0.119. The van der Waals surface area contributed by atoms with Crippen LogP contribution in [0, 0.1) is 0 Å². The number of fused-ring (bicyclic) bond motifs is 6. The molecule has 2 aliphatic heterocycles. The molecule has 0 fully saturated rings. The molecule has 3 heterocycles. The van der Waals surface area contributed by atoms with Crippen LogP contribution in [0.4, 0.5) is 14.6 Å². The smallest absolute Gasteiger partial charge is 0.387 e. The van der Waals surface area contributed by atoms with E-state index in [-0.39, 0.29) is 11.8 Å². The van der Waals surface area contributed by atoms with Crippen LogP contribution in [0.2, 0.25) is 0 Å². The Bertz CT molecular complexity index is 1100. The molecule has 35 heavy (non-hydrogen) atoms. The fourth-order valence-electron chi connectivity index (χ4n) is 5.39. The van der Waals surface area contributed by atoms with E-state index in [0.29, 0.717) is 25.4 Å². The van der Waals surface area contributed by atoms with Crippen molar-refractivity contribution in [2.24, 2.45) is 0 Å². The maximum absolute atomic E-state index is 12.2. The van der Waals surface area contributed by atoms with Crippen LogP contribution < -0.4 is 10.5 Å². The summed E-state index contributed by atoms with van der Waals surface area (Å²) in [5, 5.41) is 0. The van der Waals surface area contributed by atoms with Crippen molar-refractivity contribution in [3.63, 3.8) is 0 Å². The molecule has 2 aliphatic carbocycles. The lowest BCUT2D eigenvalue weighted by Gasteiger charge is -2.30. The fourth-order valence-corrected chi connectivity index (χ4v) is 5.39. The van der Waals surface area contributed by atoms with Gasteiger partial charge in [0.1, 0.15) is 11.6 Å². The zero-order valence-electron chi connectivity index (χ0n) is 20.4. The van der Waals surface area contributed by atoms with Crippen molar-refractivity contribution in [2.75, 3.05) is 12.3 Å². The molecule has 2 aromatic rings. The Hall–Kier alpha value is -3.00. The molecular weight excluding hydrogens is 452 g/mol. The summed E-state index contributed by atoms with van der Waals surface area (Å²) in [6.07, 6.45) is 9.32. The average Bonchev–Trinajstić information content (AvgIpc) is 3.51. The molecule has 0 radical (unpaired) electrons. The van der Waals surface area contributed by atoms with Gasteiger partial charge < -0.3 is 20.1 Å². The second kappa shape index (κ2) is 11.2. The van der Waals surface area contributed by atoms with Crippen LogP contribution >= 0.6 is 0 Å². The third kappa shape index (κ3) is 5.17. The molecule has 1 atom stereocenters. The number of carbonyl (C=O) groups excluding carboxylic acids is 1. The van der Waals surface area contributed by atoms with Gasteiger partial charge in [0, 0.05) is 17.8 Å². The van der Waals surface area contributed by atoms with Crippen LogP contribution in [0.5, 0.6) is 5.75 Å². The summed E-state index contributed by atoms with van der Waals surface area (Å²) in [7, 11) is 0. The van der Waals surface area contributed by atoms with E-state index in [9.17, 15) is 13.6 Å². The Balaban J connectivity index is 0.000000160. The number of halogens is 2. The van der Waals surface area contributed by atoms with Gasteiger partial charge in [-0.1, -0.05) is 26.0 Å². The van der Waals surface area contributed by atoms with Crippen molar-refractivity contribution in [2.45, 2.75) is 78.2 Å². The number of pyridine rings is 1. The van der Waals surface area contributed by atoms with E-state index in [1.807, 2.05) is 13.8 Å². The summed E-state index contributed by atoms with van der Waals surface area (Å²) in [4.78, 5) is 17.3. The molecular formula is C27H33F2N3O3. The van der Waals surface area contributed by atoms with Gasteiger partial charge in [0.25, 0.3) is 0 Å². The summed E-state index contributed by atoms with van der Waals surface area (Å²) < 4.78 is 34.2. The van der Waals surface area contributed by atoms with Gasteiger partial charge in [-0.25, -0.2) is 4.98 Å². The van der Waals surface area contributed by atoms with E-state index in [0.717, 1.165) is 49.0 Å². The van der Waals surface area contributed by atoms with E-state index >= 15 is 0 Å². The number of carbonyl (C=O) groups is 1. The fraction of sp³-hybridized carbons (Fsp3) is 0.481. The van der Waals surface area contributed by atoms with Crippen LogP contribution in [-0.2, 0) is 42.0 Å². The number of nitrogen functional groups attached to an aromatic ring is 1. The molecule has 0 unspecified atom stereocenters. The van der Waals surface area contributed by atoms with Crippen LogP contribution in [-0.4, -0.2) is 29.5 Å². The van der Waals surface area contributed by atoms with Gasteiger partial charge in [-0.2, -0.15) is 8.78 Å². The number of ether oxygens (including phenoxy) is 2. The minimum Gasteiger partial charge on any atom is -0.435 e. The van der Waals surface area contributed by atoms with Crippen molar-refractivity contribution in [1.82, 2.24) is 9.88 Å². The van der Waals surface area contributed by atoms with Gasteiger partial charge >= 0.3 is 6.61 Å². The van der Waals surface area contributed by atoms with E-state index in [1.165, 1.54) is 41.3 Å². The minimum atomic E-state index is -2.81. The number of hydrogen-bond donors (Lipinski definition) is 1. The first-order valence-corrected chi connectivity index (χ1v) is 12.4. The van der Waals surface area contributed by atoms with Gasteiger partial charge in [0.15, 0.2) is 0 Å². The number of rotatable bonds is 3. The predicted molar refractivity (Wildman–Crippen MR) is 130 cm³/mol. The number of hydrogen-bond acceptors (Lipinski definition) is 5. The highest BCUT2D eigenvalue weighted by molar-refractivity contribution is 5.57. The third-order valence-electron chi connectivity index (χ3n) is 6.87. The number of aromatic nitrogens is 1. The third-order valence-corrected chi connectivity index (χ3v) is 6.87. The molecule has 1 aromatic carbocycles. The molecule has 0 saturated heterocycles. The number of nitrogens with zero attached hydrogens (tertiary/aromatic N) is 2. The van der Waals surface area contributed by atoms with Crippen molar-refractivity contribution in [3.05, 3.63) is 63.4 Å². The Morgan fingerprint density at radius 2 is 1.94 bits per heavy atom. The van der Waals surface area contributed by atoms with Crippen molar-refractivity contribution in [3.8, 4) is 5.75 Å². The predicted octanol–water partition coefficient (Wildman–Crippen LogP) is 5.27. The normalized spacial score (nSPS) is 19.2. The highest BCUT2D eigenvalue weighted by atomic mass is 19.3. The lowest BCUT2D eigenvalue weighted by atomic mass is 9.91. The molecule has 188 valence electrons. The van der Waals surface area contributed by atoms with Crippen LogP contribution in [0.1, 0.15) is 72.7 Å². The molecule has 1 amide bonds.